The molecule has 0 saturated heterocycles. The van der Waals surface area contributed by atoms with Crippen LogP contribution in [0.1, 0.15) is 59.8 Å². The number of hydrogen-bond acceptors (Lipinski definition) is 1. The lowest BCUT2D eigenvalue weighted by Crippen LogP contribution is -2.39. The standard InChI is InChI=1S/C12H25NO/c1-5-8-12(9-6-2)13(10-7-3)11(4)14/h12H,5-10H2,1-4H3. The lowest BCUT2D eigenvalue weighted by atomic mass is 10.0. The van der Waals surface area contributed by atoms with Crippen molar-refractivity contribution in [3.63, 3.8) is 0 Å². The van der Waals surface area contributed by atoms with Crippen LogP contribution in [-0.4, -0.2) is 23.4 Å². The zero-order chi connectivity index (χ0) is 11.0. The molecule has 2 nitrogen and oxygen atoms in total. The van der Waals surface area contributed by atoms with E-state index in [0.717, 1.165) is 38.6 Å². The van der Waals surface area contributed by atoms with E-state index in [1.807, 2.05) is 4.90 Å². The van der Waals surface area contributed by atoms with E-state index in [4.69, 9.17) is 0 Å². The summed E-state index contributed by atoms with van der Waals surface area (Å²) in [4.78, 5) is 13.5. The van der Waals surface area contributed by atoms with Crippen LogP contribution in [0.5, 0.6) is 0 Å². The van der Waals surface area contributed by atoms with E-state index in [1.54, 1.807) is 6.92 Å². The fourth-order valence-electron chi connectivity index (χ4n) is 1.96. The smallest absolute Gasteiger partial charge is 0.219 e. The zero-order valence-corrected chi connectivity index (χ0v) is 10.2. The highest BCUT2D eigenvalue weighted by Gasteiger charge is 2.18. The largest absolute Gasteiger partial charge is 0.340 e. The van der Waals surface area contributed by atoms with Crippen LogP contribution >= 0.6 is 0 Å². The molecule has 2 heteroatoms. The normalized spacial score (nSPS) is 10.6. The number of rotatable bonds is 7. The molecule has 0 radical (unpaired) electrons. The Morgan fingerprint density at radius 1 is 1.07 bits per heavy atom. The number of amides is 1. The maximum Gasteiger partial charge on any atom is 0.219 e. The Morgan fingerprint density at radius 2 is 1.57 bits per heavy atom. The van der Waals surface area contributed by atoms with E-state index in [0.29, 0.717) is 6.04 Å². The van der Waals surface area contributed by atoms with Gasteiger partial charge in [-0.25, -0.2) is 0 Å². The van der Waals surface area contributed by atoms with Crippen molar-refractivity contribution < 1.29 is 4.79 Å². The van der Waals surface area contributed by atoms with Crippen molar-refractivity contribution in [2.45, 2.75) is 65.8 Å². The van der Waals surface area contributed by atoms with Crippen molar-refractivity contribution in [3.8, 4) is 0 Å². The molecule has 14 heavy (non-hydrogen) atoms. The Bertz CT molecular complexity index is 150. The van der Waals surface area contributed by atoms with Crippen LogP contribution in [0.15, 0.2) is 0 Å². The Labute approximate surface area is 88.7 Å². The summed E-state index contributed by atoms with van der Waals surface area (Å²) in [6.45, 7) is 9.11. The second-order valence-corrected chi connectivity index (χ2v) is 3.94. The number of nitrogens with zero attached hydrogens (tertiary/aromatic N) is 1. The lowest BCUT2D eigenvalue weighted by molar-refractivity contribution is -0.131. The molecule has 0 N–H and O–H groups in total. The van der Waals surface area contributed by atoms with Crippen molar-refractivity contribution >= 4 is 5.91 Å². The first-order valence-corrected chi connectivity index (χ1v) is 5.94. The highest BCUT2D eigenvalue weighted by molar-refractivity contribution is 5.73. The SMILES string of the molecule is CCCC(CCC)N(CCC)C(C)=O. The molecule has 0 saturated carbocycles. The molecule has 0 fully saturated rings. The van der Waals surface area contributed by atoms with Crippen LogP contribution in [0.25, 0.3) is 0 Å². The molecule has 0 bridgehead atoms. The Balaban J connectivity index is 4.29. The van der Waals surface area contributed by atoms with Gasteiger partial charge in [-0.05, 0) is 19.3 Å². The quantitative estimate of drug-likeness (QED) is 0.616. The summed E-state index contributed by atoms with van der Waals surface area (Å²) in [5.74, 6) is 0.235. The molecule has 0 spiro atoms. The van der Waals surface area contributed by atoms with E-state index in [9.17, 15) is 4.79 Å². The number of hydrogen-bond donors (Lipinski definition) is 0. The zero-order valence-electron chi connectivity index (χ0n) is 10.2. The van der Waals surface area contributed by atoms with Crippen LogP contribution in [-0.2, 0) is 4.79 Å². The Morgan fingerprint density at radius 3 is 1.86 bits per heavy atom. The van der Waals surface area contributed by atoms with Gasteiger partial charge in [0.2, 0.25) is 5.91 Å². The highest BCUT2D eigenvalue weighted by atomic mass is 16.2. The maximum atomic E-state index is 11.5. The molecule has 0 rings (SSSR count). The summed E-state index contributed by atoms with van der Waals surface area (Å²) >= 11 is 0. The van der Waals surface area contributed by atoms with Gasteiger partial charge in [0.05, 0.1) is 0 Å². The van der Waals surface area contributed by atoms with Gasteiger partial charge in [0.1, 0.15) is 0 Å². The predicted molar refractivity (Wildman–Crippen MR) is 61.3 cm³/mol. The summed E-state index contributed by atoms with van der Waals surface area (Å²) < 4.78 is 0. The monoisotopic (exact) mass is 199 g/mol. The van der Waals surface area contributed by atoms with Crippen LogP contribution in [0.3, 0.4) is 0 Å². The van der Waals surface area contributed by atoms with Gasteiger partial charge in [0, 0.05) is 19.5 Å². The average molecular weight is 199 g/mol. The molecule has 0 aliphatic heterocycles. The average Bonchev–Trinajstić information content (AvgIpc) is 2.13. The molecule has 0 unspecified atom stereocenters. The number of carbonyl (C=O) groups excluding carboxylic acids is 1. The van der Waals surface area contributed by atoms with Crippen molar-refractivity contribution in [1.82, 2.24) is 4.90 Å². The second-order valence-electron chi connectivity index (χ2n) is 3.94. The molecule has 0 aromatic rings. The summed E-state index contributed by atoms with van der Waals surface area (Å²) in [6.07, 6.45) is 5.68. The van der Waals surface area contributed by atoms with Crippen molar-refractivity contribution in [3.05, 3.63) is 0 Å². The van der Waals surface area contributed by atoms with Crippen LogP contribution in [0.4, 0.5) is 0 Å². The van der Waals surface area contributed by atoms with Gasteiger partial charge in [0.15, 0.2) is 0 Å². The third-order valence-electron chi connectivity index (χ3n) is 2.55. The molecule has 0 heterocycles. The maximum absolute atomic E-state index is 11.5. The Kier molecular flexibility index (Phi) is 7.54. The van der Waals surface area contributed by atoms with Crippen LogP contribution < -0.4 is 0 Å². The van der Waals surface area contributed by atoms with Crippen molar-refractivity contribution in [2.24, 2.45) is 0 Å². The van der Waals surface area contributed by atoms with E-state index in [1.165, 1.54) is 0 Å². The minimum Gasteiger partial charge on any atom is -0.340 e. The topological polar surface area (TPSA) is 20.3 Å². The molecule has 84 valence electrons. The Hall–Kier alpha value is -0.530. The van der Waals surface area contributed by atoms with Gasteiger partial charge in [-0.2, -0.15) is 0 Å². The molecule has 0 atom stereocenters. The van der Waals surface area contributed by atoms with Gasteiger partial charge < -0.3 is 4.90 Å². The first-order chi connectivity index (χ1) is 6.67. The van der Waals surface area contributed by atoms with E-state index in [2.05, 4.69) is 20.8 Å². The molecule has 0 aliphatic carbocycles. The van der Waals surface area contributed by atoms with Gasteiger partial charge in [-0.15, -0.1) is 0 Å². The van der Waals surface area contributed by atoms with Gasteiger partial charge >= 0.3 is 0 Å². The van der Waals surface area contributed by atoms with Crippen LogP contribution in [0.2, 0.25) is 0 Å². The third-order valence-corrected chi connectivity index (χ3v) is 2.55. The number of carbonyl (C=O) groups is 1. The third kappa shape index (κ3) is 4.64. The summed E-state index contributed by atoms with van der Waals surface area (Å²) in [7, 11) is 0. The van der Waals surface area contributed by atoms with Crippen molar-refractivity contribution in [2.75, 3.05) is 6.54 Å². The minimum atomic E-state index is 0.235. The highest BCUT2D eigenvalue weighted by Crippen LogP contribution is 2.13. The summed E-state index contributed by atoms with van der Waals surface area (Å²) in [5.41, 5.74) is 0. The van der Waals surface area contributed by atoms with Gasteiger partial charge in [0.25, 0.3) is 0 Å². The fourth-order valence-corrected chi connectivity index (χ4v) is 1.96. The minimum absolute atomic E-state index is 0.235. The van der Waals surface area contributed by atoms with E-state index >= 15 is 0 Å². The van der Waals surface area contributed by atoms with Gasteiger partial charge in [-0.1, -0.05) is 33.6 Å². The molecule has 0 aromatic carbocycles. The van der Waals surface area contributed by atoms with Gasteiger partial charge in [-0.3, -0.25) is 4.79 Å². The van der Waals surface area contributed by atoms with E-state index < -0.39 is 0 Å². The lowest BCUT2D eigenvalue weighted by Gasteiger charge is -2.30. The molecule has 1 amide bonds. The molecular weight excluding hydrogens is 174 g/mol. The second kappa shape index (κ2) is 7.84. The molecular formula is C12H25NO. The first-order valence-electron chi connectivity index (χ1n) is 5.94. The molecule has 0 aliphatic rings. The van der Waals surface area contributed by atoms with Crippen molar-refractivity contribution in [1.29, 1.82) is 0 Å². The predicted octanol–water partition coefficient (Wildman–Crippen LogP) is 3.21. The molecule has 0 aromatic heterocycles. The van der Waals surface area contributed by atoms with Crippen LogP contribution in [0, 0.1) is 0 Å². The summed E-state index contributed by atoms with van der Waals surface area (Å²) in [5, 5.41) is 0. The fraction of sp³-hybridized carbons (Fsp3) is 0.917. The summed E-state index contributed by atoms with van der Waals surface area (Å²) in [6, 6.07) is 0.474. The first kappa shape index (κ1) is 13.5. The van der Waals surface area contributed by atoms with E-state index in [-0.39, 0.29) is 5.91 Å².